The molecule has 40 heavy (non-hydrogen) atoms. The Bertz CT molecular complexity index is 1620. The molecule has 9 nitrogen and oxygen atoms in total. The number of aromatic hydroxyl groups is 1. The van der Waals surface area contributed by atoms with Gasteiger partial charge in [0.15, 0.2) is 0 Å². The molecule has 0 saturated carbocycles. The fourth-order valence-electron chi connectivity index (χ4n) is 5.03. The Kier molecular flexibility index (Phi) is 8.23. The van der Waals surface area contributed by atoms with Gasteiger partial charge in [-0.2, -0.15) is 4.31 Å². The zero-order valence-electron chi connectivity index (χ0n) is 22.8. The molecule has 0 spiro atoms. The van der Waals surface area contributed by atoms with Crippen LogP contribution in [0, 0.1) is 6.92 Å². The van der Waals surface area contributed by atoms with Crippen molar-refractivity contribution in [3.05, 3.63) is 65.2 Å². The number of phenolic OH excluding ortho intramolecular Hbond substituents is 1. The predicted molar refractivity (Wildman–Crippen MR) is 159 cm³/mol. The standard InChI is InChI=1S/C29H33ClN6O3S/c1-19(2)36(15-14-35-12-4-5-13-35)40(38,39)24-9-6-22(7-10-24)31-29-32-28-20(3)16-21(17-27(28)33-34-29)25-18-23(37)8-11-26(25)30/h6-11,16-19,37H,4-5,12-15H2,1-3H3,(H,31,32,34). The van der Waals surface area contributed by atoms with E-state index in [4.69, 9.17) is 11.6 Å². The number of aryl methyl sites for hydroxylation is 1. The second-order valence-corrected chi connectivity index (χ2v) is 12.7. The van der Waals surface area contributed by atoms with Gasteiger partial charge in [0.25, 0.3) is 0 Å². The zero-order chi connectivity index (χ0) is 28.4. The van der Waals surface area contributed by atoms with E-state index in [2.05, 4.69) is 25.4 Å². The maximum absolute atomic E-state index is 13.4. The largest absolute Gasteiger partial charge is 0.508 e. The van der Waals surface area contributed by atoms with Crippen LogP contribution in [0.1, 0.15) is 32.3 Å². The number of likely N-dealkylation sites (tertiary alicyclic amines) is 1. The molecule has 1 aromatic heterocycles. The number of aromatic nitrogens is 3. The summed E-state index contributed by atoms with van der Waals surface area (Å²) in [6.45, 7) is 9.01. The van der Waals surface area contributed by atoms with Crippen LogP contribution in [0.15, 0.2) is 59.5 Å². The van der Waals surface area contributed by atoms with E-state index in [1.807, 2.05) is 32.9 Å². The molecule has 1 fully saturated rings. The Labute approximate surface area is 239 Å². The molecular weight excluding hydrogens is 548 g/mol. The van der Waals surface area contributed by atoms with Crippen molar-refractivity contribution in [2.24, 2.45) is 0 Å². The monoisotopic (exact) mass is 580 g/mol. The van der Waals surface area contributed by atoms with E-state index in [0.29, 0.717) is 39.8 Å². The Morgan fingerprint density at radius 2 is 1.77 bits per heavy atom. The third-order valence-electron chi connectivity index (χ3n) is 7.14. The summed E-state index contributed by atoms with van der Waals surface area (Å²) in [6, 6.07) is 15.0. The van der Waals surface area contributed by atoms with Crippen LogP contribution in [0.3, 0.4) is 0 Å². The summed E-state index contributed by atoms with van der Waals surface area (Å²) < 4.78 is 28.4. The van der Waals surface area contributed by atoms with Crippen LogP contribution in [-0.4, -0.2) is 70.1 Å². The van der Waals surface area contributed by atoms with Crippen molar-refractivity contribution in [2.45, 2.75) is 44.6 Å². The van der Waals surface area contributed by atoms with E-state index in [1.165, 1.54) is 18.9 Å². The first-order chi connectivity index (χ1) is 19.1. The van der Waals surface area contributed by atoms with Gasteiger partial charge in [0.1, 0.15) is 11.3 Å². The van der Waals surface area contributed by atoms with Crippen molar-refractivity contribution < 1.29 is 13.5 Å². The summed E-state index contributed by atoms with van der Waals surface area (Å²) in [5.74, 6) is 0.419. The minimum Gasteiger partial charge on any atom is -0.508 e. The number of phenols is 1. The topological polar surface area (TPSA) is 112 Å². The number of nitrogens with one attached hydrogen (secondary N) is 1. The molecule has 0 aliphatic carbocycles. The molecule has 0 amide bonds. The number of sulfonamides is 1. The van der Waals surface area contributed by atoms with E-state index in [-0.39, 0.29) is 16.7 Å². The molecule has 0 bridgehead atoms. The van der Waals surface area contributed by atoms with E-state index >= 15 is 0 Å². The highest BCUT2D eigenvalue weighted by molar-refractivity contribution is 7.89. The number of benzene rings is 3. The SMILES string of the molecule is Cc1cc(-c2cc(O)ccc2Cl)cc2nnc(Nc3ccc(S(=O)(=O)N(CCN4CCCC4)C(C)C)cc3)nc12. The molecule has 11 heteroatoms. The summed E-state index contributed by atoms with van der Waals surface area (Å²) in [5.41, 5.74) is 4.27. The lowest BCUT2D eigenvalue weighted by molar-refractivity contribution is 0.273. The van der Waals surface area contributed by atoms with Crippen LogP contribution in [0.25, 0.3) is 22.2 Å². The molecule has 2 heterocycles. The van der Waals surface area contributed by atoms with Gasteiger partial charge in [0, 0.05) is 35.4 Å². The van der Waals surface area contributed by atoms with Gasteiger partial charge in [0.05, 0.1) is 10.4 Å². The van der Waals surface area contributed by atoms with Gasteiger partial charge >= 0.3 is 0 Å². The van der Waals surface area contributed by atoms with Crippen LogP contribution < -0.4 is 5.32 Å². The van der Waals surface area contributed by atoms with Gasteiger partial charge in [0.2, 0.25) is 16.0 Å². The van der Waals surface area contributed by atoms with E-state index in [1.54, 1.807) is 40.7 Å². The first-order valence-corrected chi connectivity index (χ1v) is 15.2. The predicted octanol–water partition coefficient (Wildman–Crippen LogP) is 5.60. The maximum Gasteiger partial charge on any atom is 0.247 e. The highest BCUT2D eigenvalue weighted by atomic mass is 35.5. The highest BCUT2D eigenvalue weighted by Gasteiger charge is 2.27. The van der Waals surface area contributed by atoms with Gasteiger partial charge in [-0.3, -0.25) is 0 Å². The van der Waals surface area contributed by atoms with Crippen molar-refractivity contribution in [1.29, 1.82) is 0 Å². The lowest BCUT2D eigenvalue weighted by Gasteiger charge is -2.28. The van der Waals surface area contributed by atoms with Crippen molar-refractivity contribution in [3.8, 4) is 16.9 Å². The molecule has 0 radical (unpaired) electrons. The van der Waals surface area contributed by atoms with Crippen LogP contribution in [0.2, 0.25) is 5.02 Å². The Morgan fingerprint density at radius 1 is 1.05 bits per heavy atom. The third kappa shape index (κ3) is 6.05. The van der Waals surface area contributed by atoms with Gasteiger partial charge in [-0.1, -0.05) is 11.6 Å². The normalized spacial score (nSPS) is 14.4. The molecule has 210 valence electrons. The van der Waals surface area contributed by atoms with Gasteiger partial charge in [-0.05, 0) is 112 Å². The lowest BCUT2D eigenvalue weighted by Crippen LogP contribution is -2.41. The summed E-state index contributed by atoms with van der Waals surface area (Å²) in [5, 5.41) is 22.1. The summed E-state index contributed by atoms with van der Waals surface area (Å²) in [7, 11) is -3.64. The molecule has 2 N–H and O–H groups in total. The summed E-state index contributed by atoms with van der Waals surface area (Å²) in [6.07, 6.45) is 2.35. The second-order valence-electron chi connectivity index (χ2n) is 10.4. The van der Waals surface area contributed by atoms with Crippen molar-refractivity contribution in [3.63, 3.8) is 0 Å². The maximum atomic E-state index is 13.4. The summed E-state index contributed by atoms with van der Waals surface area (Å²) >= 11 is 6.35. The molecule has 5 rings (SSSR count). The Balaban J connectivity index is 1.33. The first-order valence-electron chi connectivity index (χ1n) is 13.4. The average Bonchev–Trinajstić information content (AvgIpc) is 3.44. The van der Waals surface area contributed by atoms with Crippen molar-refractivity contribution >= 4 is 44.3 Å². The number of hydrogen-bond donors (Lipinski definition) is 2. The fraction of sp³-hybridized carbons (Fsp3) is 0.345. The number of hydrogen-bond acceptors (Lipinski definition) is 8. The van der Waals surface area contributed by atoms with Gasteiger partial charge < -0.3 is 15.3 Å². The third-order valence-corrected chi connectivity index (χ3v) is 9.56. The minimum atomic E-state index is -3.64. The van der Waals surface area contributed by atoms with E-state index in [9.17, 15) is 13.5 Å². The van der Waals surface area contributed by atoms with Crippen LogP contribution in [-0.2, 0) is 10.0 Å². The molecular formula is C29H33ClN6O3S. The molecule has 3 aromatic carbocycles. The molecule has 1 saturated heterocycles. The lowest BCUT2D eigenvalue weighted by atomic mass is 10.0. The molecule has 1 aliphatic heterocycles. The van der Waals surface area contributed by atoms with Crippen LogP contribution in [0.4, 0.5) is 11.6 Å². The van der Waals surface area contributed by atoms with E-state index in [0.717, 1.165) is 30.8 Å². The van der Waals surface area contributed by atoms with Gasteiger partial charge in [-0.15, -0.1) is 10.2 Å². The molecule has 1 aliphatic rings. The van der Waals surface area contributed by atoms with Crippen LogP contribution >= 0.6 is 11.6 Å². The number of rotatable bonds is 9. The Morgan fingerprint density at radius 3 is 2.48 bits per heavy atom. The van der Waals surface area contributed by atoms with Crippen molar-refractivity contribution in [1.82, 2.24) is 24.4 Å². The average molecular weight is 581 g/mol. The second kappa shape index (κ2) is 11.7. The number of fused-ring (bicyclic) bond motifs is 1. The minimum absolute atomic E-state index is 0.124. The van der Waals surface area contributed by atoms with Gasteiger partial charge in [-0.25, -0.2) is 13.4 Å². The number of nitrogens with zero attached hydrogens (tertiary/aromatic N) is 5. The Hall–Kier alpha value is -3.31. The number of anilines is 2. The summed E-state index contributed by atoms with van der Waals surface area (Å²) in [4.78, 5) is 7.20. The van der Waals surface area contributed by atoms with E-state index < -0.39 is 10.0 Å². The first kappa shape index (κ1) is 28.2. The quantitative estimate of drug-likeness (QED) is 0.263. The smallest absolute Gasteiger partial charge is 0.247 e. The highest BCUT2D eigenvalue weighted by Crippen LogP contribution is 2.33. The fourth-order valence-corrected chi connectivity index (χ4v) is 6.89. The van der Waals surface area contributed by atoms with Crippen molar-refractivity contribution in [2.75, 3.05) is 31.5 Å². The number of halogens is 1. The molecule has 0 unspecified atom stereocenters. The molecule has 4 aromatic rings. The zero-order valence-corrected chi connectivity index (χ0v) is 24.4. The molecule has 0 atom stereocenters. The van der Waals surface area contributed by atoms with Crippen LogP contribution in [0.5, 0.6) is 5.75 Å².